The molecule has 17 heavy (non-hydrogen) atoms. The van der Waals surface area contributed by atoms with Crippen molar-refractivity contribution in [1.82, 2.24) is 9.88 Å². The van der Waals surface area contributed by atoms with Crippen molar-refractivity contribution in [2.24, 2.45) is 0 Å². The second-order valence-corrected chi connectivity index (χ2v) is 4.16. The van der Waals surface area contributed by atoms with Gasteiger partial charge in [0.15, 0.2) is 0 Å². The van der Waals surface area contributed by atoms with Crippen LogP contribution in [0.1, 0.15) is 28.9 Å². The Hall–Kier alpha value is -2.09. The Bertz CT molecular complexity index is 487. The highest BCUT2D eigenvalue weighted by Crippen LogP contribution is 2.29. The third kappa shape index (κ3) is 2.36. The van der Waals surface area contributed by atoms with E-state index in [0.717, 1.165) is 12.8 Å². The van der Waals surface area contributed by atoms with E-state index in [1.807, 2.05) is 6.07 Å². The third-order valence-corrected chi connectivity index (χ3v) is 2.45. The number of amides is 1. The number of hydrogen-bond acceptors (Lipinski definition) is 4. The van der Waals surface area contributed by atoms with E-state index in [9.17, 15) is 4.79 Å². The molecule has 0 aromatic carbocycles. The molecule has 0 radical (unpaired) electrons. The first-order chi connectivity index (χ1) is 8.13. The molecule has 0 atom stereocenters. The SMILES string of the molecule is CN(C)C(=O)c1nccc(OC2CC2)c1C#N. The highest BCUT2D eigenvalue weighted by molar-refractivity contribution is 5.95. The van der Waals surface area contributed by atoms with Crippen LogP contribution in [0.2, 0.25) is 0 Å². The maximum atomic E-state index is 11.8. The average molecular weight is 231 g/mol. The number of nitrogens with zero attached hydrogens (tertiary/aromatic N) is 3. The van der Waals surface area contributed by atoms with Crippen molar-refractivity contribution in [2.75, 3.05) is 14.1 Å². The van der Waals surface area contributed by atoms with Crippen molar-refractivity contribution in [3.63, 3.8) is 0 Å². The van der Waals surface area contributed by atoms with Crippen LogP contribution >= 0.6 is 0 Å². The zero-order valence-electron chi connectivity index (χ0n) is 9.80. The quantitative estimate of drug-likeness (QED) is 0.783. The molecule has 5 nitrogen and oxygen atoms in total. The van der Waals surface area contributed by atoms with Gasteiger partial charge in [0.05, 0.1) is 6.10 Å². The van der Waals surface area contributed by atoms with E-state index in [0.29, 0.717) is 5.75 Å². The number of carbonyl (C=O) groups excluding carboxylic acids is 1. The summed E-state index contributed by atoms with van der Waals surface area (Å²) in [5.41, 5.74) is 0.369. The predicted octanol–water partition coefficient (Wildman–Crippen LogP) is 1.20. The summed E-state index contributed by atoms with van der Waals surface area (Å²) in [7, 11) is 3.25. The fraction of sp³-hybridized carbons (Fsp3) is 0.417. The van der Waals surface area contributed by atoms with Crippen LogP contribution in [0.15, 0.2) is 12.3 Å². The van der Waals surface area contributed by atoms with Gasteiger partial charge in [0.25, 0.3) is 5.91 Å². The molecule has 1 saturated carbocycles. The van der Waals surface area contributed by atoms with Crippen LogP contribution in [0.5, 0.6) is 5.75 Å². The summed E-state index contributed by atoms with van der Waals surface area (Å²) in [6.45, 7) is 0. The Morgan fingerprint density at radius 3 is 2.82 bits per heavy atom. The molecule has 1 aromatic rings. The highest BCUT2D eigenvalue weighted by Gasteiger charge is 2.26. The smallest absolute Gasteiger partial charge is 0.273 e. The zero-order chi connectivity index (χ0) is 12.4. The molecule has 0 spiro atoms. The van der Waals surface area contributed by atoms with E-state index in [-0.39, 0.29) is 23.3 Å². The number of hydrogen-bond donors (Lipinski definition) is 0. The molecule has 0 saturated heterocycles. The van der Waals surface area contributed by atoms with Crippen LogP contribution in [0.3, 0.4) is 0 Å². The molecule has 0 unspecified atom stereocenters. The Kier molecular flexibility index (Phi) is 2.96. The molecule has 1 aliphatic carbocycles. The number of pyridine rings is 1. The molecular formula is C12H13N3O2. The normalized spacial score (nSPS) is 13.9. The van der Waals surface area contributed by atoms with Crippen molar-refractivity contribution in [1.29, 1.82) is 5.26 Å². The lowest BCUT2D eigenvalue weighted by Crippen LogP contribution is -2.24. The van der Waals surface area contributed by atoms with Gasteiger partial charge in [0, 0.05) is 20.3 Å². The van der Waals surface area contributed by atoms with Gasteiger partial charge < -0.3 is 9.64 Å². The molecule has 0 bridgehead atoms. The van der Waals surface area contributed by atoms with Crippen LogP contribution < -0.4 is 4.74 Å². The van der Waals surface area contributed by atoms with E-state index in [1.165, 1.54) is 11.1 Å². The molecule has 1 fully saturated rings. The van der Waals surface area contributed by atoms with Crippen molar-refractivity contribution >= 4 is 5.91 Å². The minimum atomic E-state index is -0.289. The molecule has 5 heteroatoms. The number of nitriles is 1. The maximum Gasteiger partial charge on any atom is 0.273 e. The molecule has 0 aliphatic heterocycles. The number of ether oxygens (including phenoxy) is 1. The summed E-state index contributed by atoms with van der Waals surface area (Å²) < 4.78 is 5.58. The Morgan fingerprint density at radius 1 is 1.59 bits per heavy atom. The zero-order valence-corrected chi connectivity index (χ0v) is 9.80. The third-order valence-electron chi connectivity index (χ3n) is 2.45. The van der Waals surface area contributed by atoms with Crippen molar-refractivity contribution < 1.29 is 9.53 Å². The van der Waals surface area contributed by atoms with Gasteiger partial charge in [0.2, 0.25) is 0 Å². The minimum absolute atomic E-state index is 0.149. The van der Waals surface area contributed by atoms with Gasteiger partial charge in [-0.3, -0.25) is 4.79 Å². The predicted molar refractivity (Wildman–Crippen MR) is 60.6 cm³/mol. The summed E-state index contributed by atoms with van der Waals surface area (Å²) in [6, 6.07) is 3.63. The fourth-order valence-corrected chi connectivity index (χ4v) is 1.39. The van der Waals surface area contributed by atoms with Crippen LogP contribution in [0.25, 0.3) is 0 Å². The first kappa shape index (κ1) is 11.4. The largest absolute Gasteiger partial charge is 0.489 e. The minimum Gasteiger partial charge on any atom is -0.489 e. The van der Waals surface area contributed by atoms with E-state index in [4.69, 9.17) is 10.00 Å². The van der Waals surface area contributed by atoms with Crippen LogP contribution in [-0.4, -0.2) is 36.0 Å². The maximum absolute atomic E-state index is 11.8. The summed E-state index contributed by atoms with van der Waals surface area (Å²) >= 11 is 0. The summed E-state index contributed by atoms with van der Waals surface area (Å²) in [5.74, 6) is 0.165. The van der Waals surface area contributed by atoms with Crippen molar-refractivity contribution in [3.05, 3.63) is 23.5 Å². The van der Waals surface area contributed by atoms with Crippen LogP contribution in [-0.2, 0) is 0 Å². The standard InChI is InChI=1S/C12H13N3O2/c1-15(2)12(16)11-9(7-13)10(5-6-14-11)17-8-3-4-8/h5-6,8H,3-4H2,1-2H3. The van der Waals surface area contributed by atoms with Gasteiger partial charge in [-0.1, -0.05) is 0 Å². The first-order valence-electron chi connectivity index (χ1n) is 5.41. The van der Waals surface area contributed by atoms with Gasteiger partial charge in [-0.2, -0.15) is 5.26 Å². The van der Waals surface area contributed by atoms with Crippen LogP contribution in [0.4, 0.5) is 0 Å². The second-order valence-electron chi connectivity index (χ2n) is 4.16. The Labute approximate surface area is 99.6 Å². The fourth-order valence-electron chi connectivity index (χ4n) is 1.39. The molecular weight excluding hydrogens is 218 g/mol. The Balaban J connectivity index is 2.38. The van der Waals surface area contributed by atoms with Gasteiger partial charge in [0.1, 0.15) is 23.1 Å². The molecule has 1 aliphatic rings. The molecule has 1 heterocycles. The first-order valence-corrected chi connectivity index (χ1v) is 5.41. The lowest BCUT2D eigenvalue weighted by atomic mass is 10.1. The Morgan fingerprint density at radius 2 is 2.29 bits per heavy atom. The summed E-state index contributed by atoms with van der Waals surface area (Å²) in [6.07, 6.45) is 3.69. The van der Waals surface area contributed by atoms with Gasteiger partial charge >= 0.3 is 0 Å². The molecule has 2 rings (SSSR count). The van der Waals surface area contributed by atoms with Crippen molar-refractivity contribution in [2.45, 2.75) is 18.9 Å². The average Bonchev–Trinajstić information content (AvgIpc) is 3.11. The van der Waals surface area contributed by atoms with E-state index in [2.05, 4.69) is 4.98 Å². The van der Waals surface area contributed by atoms with E-state index in [1.54, 1.807) is 20.2 Å². The van der Waals surface area contributed by atoms with Gasteiger partial charge in [-0.05, 0) is 18.9 Å². The van der Waals surface area contributed by atoms with E-state index < -0.39 is 0 Å². The van der Waals surface area contributed by atoms with Crippen molar-refractivity contribution in [3.8, 4) is 11.8 Å². The highest BCUT2D eigenvalue weighted by atomic mass is 16.5. The molecule has 0 N–H and O–H groups in total. The van der Waals surface area contributed by atoms with Gasteiger partial charge in [-0.25, -0.2) is 4.98 Å². The monoisotopic (exact) mass is 231 g/mol. The molecule has 1 amide bonds. The van der Waals surface area contributed by atoms with E-state index >= 15 is 0 Å². The lowest BCUT2D eigenvalue weighted by Gasteiger charge is -2.12. The lowest BCUT2D eigenvalue weighted by molar-refractivity contribution is 0.0821. The molecule has 1 aromatic heterocycles. The molecule has 88 valence electrons. The summed E-state index contributed by atoms with van der Waals surface area (Å²) in [4.78, 5) is 17.2. The number of rotatable bonds is 3. The second kappa shape index (κ2) is 4.42. The number of carbonyl (C=O) groups is 1. The van der Waals surface area contributed by atoms with Crippen LogP contribution in [0, 0.1) is 11.3 Å². The topological polar surface area (TPSA) is 66.2 Å². The van der Waals surface area contributed by atoms with Gasteiger partial charge in [-0.15, -0.1) is 0 Å². The summed E-state index contributed by atoms with van der Waals surface area (Å²) in [5, 5.41) is 9.12. The number of aromatic nitrogens is 1.